The van der Waals surface area contributed by atoms with Crippen molar-refractivity contribution in [2.45, 2.75) is 28.9 Å². The van der Waals surface area contributed by atoms with E-state index in [1.165, 1.54) is 23.5 Å². The van der Waals surface area contributed by atoms with Crippen molar-refractivity contribution in [1.82, 2.24) is 25.5 Å². The predicted molar refractivity (Wildman–Crippen MR) is 143 cm³/mol. The Kier molecular flexibility index (Phi) is 8.17. The summed E-state index contributed by atoms with van der Waals surface area (Å²) in [6, 6.07) is 0.794. The Hall–Kier alpha value is -2.99. The molecule has 0 spiro atoms. The second-order valence-corrected chi connectivity index (χ2v) is 11.8. The molecule has 2 aliphatic heterocycles. The summed E-state index contributed by atoms with van der Waals surface area (Å²) in [6.45, 7) is 0.298. The number of nitrogens with zero attached hydrogens (tertiary/aromatic N) is 4. The van der Waals surface area contributed by atoms with Crippen LogP contribution in [0.5, 0.6) is 0 Å². The Balaban J connectivity index is 1.50. The standard InChI is InChI=1S/C19H17ClN8O5S4/c20-13-9(26-19(22)37-13)10(27-33)14(29)25-11-15(30)28-12(17(31)32)8(5-35-16(11)28)36-7-1-2-23-6(3-7)4-24-18(21)34/h1-3,10-11,16H,4-5H2,(H2,22,26)(H,25,29)(H,31,32)(H3,21,24,34)/t10?,11-,16+/m1/s1. The van der Waals surface area contributed by atoms with Crippen molar-refractivity contribution in [3.8, 4) is 0 Å². The van der Waals surface area contributed by atoms with Crippen molar-refractivity contribution in [2.75, 3.05) is 11.5 Å². The third kappa shape index (κ3) is 5.64. The van der Waals surface area contributed by atoms with Crippen LogP contribution in [0.2, 0.25) is 4.34 Å². The molecule has 0 aromatic carbocycles. The van der Waals surface area contributed by atoms with E-state index in [0.717, 1.165) is 16.2 Å². The van der Waals surface area contributed by atoms with Gasteiger partial charge in [-0.25, -0.2) is 9.78 Å². The van der Waals surface area contributed by atoms with Crippen molar-refractivity contribution >= 4 is 86.7 Å². The van der Waals surface area contributed by atoms with Crippen LogP contribution in [0, 0.1) is 4.91 Å². The Morgan fingerprint density at radius 2 is 2.22 bits per heavy atom. The van der Waals surface area contributed by atoms with E-state index in [0.29, 0.717) is 22.0 Å². The van der Waals surface area contributed by atoms with Crippen molar-refractivity contribution in [3.63, 3.8) is 0 Å². The number of anilines is 1. The van der Waals surface area contributed by atoms with Crippen LogP contribution < -0.4 is 22.1 Å². The predicted octanol–water partition coefficient (Wildman–Crippen LogP) is 1.40. The molecule has 0 bridgehead atoms. The summed E-state index contributed by atoms with van der Waals surface area (Å²) in [7, 11) is 0. The number of nitrogens with one attached hydrogen (secondary N) is 2. The maximum atomic E-state index is 12.9. The molecule has 13 nitrogen and oxygen atoms in total. The highest BCUT2D eigenvalue weighted by Gasteiger charge is 2.55. The number of carbonyl (C=O) groups excluding carboxylic acids is 2. The number of thiazole rings is 1. The minimum atomic E-state index is -1.61. The van der Waals surface area contributed by atoms with E-state index < -0.39 is 35.2 Å². The summed E-state index contributed by atoms with van der Waals surface area (Å²) in [6.07, 6.45) is 1.57. The summed E-state index contributed by atoms with van der Waals surface area (Å²) in [4.78, 5) is 59.5. The van der Waals surface area contributed by atoms with Crippen molar-refractivity contribution in [2.24, 2.45) is 10.9 Å². The number of hydrogen-bond acceptors (Lipinski definition) is 12. The molecule has 0 aliphatic carbocycles. The molecular formula is C19H17ClN8O5S4. The van der Waals surface area contributed by atoms with E-state index in [4.69, 9.17) is 35.3 Å². The lowest BCUT2D eigenvalue weighted by Crippen LogP contribution is -2.70. The largest absolute Gasteiger partial charge is 0.477 e. The zero-order valence-corrected chi connectivity index (χ0v) is 22.4. The number of β-lactam (4-membered cyclic amide) rings is 1. The van der Waals surface area contributed by atoms with Gasteiger partial charge in [-0.3, -0.25) is 19.5 Å². The molecule has 2 aromatic rings. The highest BCUT2D eigenvalue weighted by Crippen LogP contribution is 2.45. The van der Waals surface area contributed by atoms with E-state index in [1.54, 1.807) is 18.3 Å². The molecule has 4 rings (SSSR count). The number of rotatable bonds is 9. The van der Waals surface area contributed by atoms with Gasteiger partial charge in [-0.2, -0.15) is 0 Å². The van der Waals surface area contributed by atoms with Gasteiger partial charge in [0.2, 0.25) is 6.04 Å². The molecule has 194 valence electrons. The van der Waals surface area contributed by atoms with E-state index >= 15 is 0 Å². The van der Waals surface area contributed by atoms with Crippen LogP contribution in [-0.4, -0.2) is 60.0 Å². The zero-order valence-electron chi connectivity index (χ0n) is 18.4. The SMILES string of the molecule is NC(=S)NCc1cc(SC2=C(C(=O)O)N3C(=O)[C@@H](NC(=O)C(N=O)c4nc(N)sc4Cl)[C@@H]3SC2)ccn1. The number of carbonyl (C=O) groups is 3. The number of nitrogen functional groups attached to an aromatic ring is 1. The highest BCUT2D eigenvalue weighted by atomic mass is 35.5. The van der Waals surface area contributed by atoms with Gasteiger partial charge in [0.25, 0.3) is 11.8 Å². The molecule has 1 fully saturated rings. The number of pyridine rings is 1. The van der Waals surface area contributed by atoms with Gasteiger partial charge >= 0.3 is 5.97 Å². The number of carboxylic acid groups (broad SMARTS) is 1. The van der Waals surface area contributed by atoms with Crippen molar-refractivity contribution in [3.05, 3.63) is 49.6 Å². The van der Waals surface area contributed by atoms with E-state index in [1.807, 2.05) is 0 Å². The second kappa shape index (κ2) is 11.2. The van der Waals surface area contributed by atoms with Crippen LogP contribution in [0.3, 0.4) is 0 Å². The molecule has 37 heavy (non-hydrogen) atoms. The first-order valence-electron chi connectivity index (χ1n) is 10.2. The van der Waals surface area contributed by atoms with Gasteiger partial charge in [-0.1, -0.05) is 34.7 Å². The van der Waals surface area contributed by atoms with Crippen LogP contribution in [0.1, 0.15) is 17.4 Å². The molecule has 2 aromatic heterocycles. The molecule has 3 atom stereocenters. The summed E-state index contributed by atoms with van der Waals surface area (Å²) >= 11 is 14.1. The number of thioether (sulfide) groups is 2. The normalized spacial score (nSPS) is 19.5. The number of thiocarbonyl (C=S) groups is 1. The fourth-order valence-corrected chi connectivity index (χ4v) is 7.13. The number of nitrogens with two attached hydrogens (primary N) is 2. The third-order valence-electron chi connectivity index (χ3n) is 5.15. The number of hydrogen-bond donors (Lipinski definition) is 5. The minimum Gasteiger partial charge on any atom is -0.477 e. The van der Waals surface area contributed by atoms with Gasteiger partial charge in [0.05, 0.1) is 12.2 Å². The fourth-order valence-electron chi connectivity index (χ4n) is 3.56. The van der Waals surface area contributed by atoms with Gasteiger partial charge in [0.15, 0.2) is 10.2 Å². The summed E-state index contributed by atoms with van der Waals surface area (Å²) in [5, 5.41) is 17.4. The zero-order chi connectivity index (χ0) is 26.9. The van der Waals surface area contributed by atoms with E-state index in [-0.39, 0.29) is 31.7 Å². The lowest BCUT2D eigenvalue weighted by Gasteiger charge is -2.49. The number of nitroso groups, excluding NO2 is 1. The number of amides is 2. The maximum Gasteiger partial charge on any atom is 0.353 e. The maximum absolute atomic E-state index is 12.9. The lowest BCUT2D eigenvalue weighted by atomic mass is 10.0. The topological polar surface area (TPSA) is 206 Å². The Morgan fingerprint density at radius 3 is 2.84 bits per heavy atom. The van der Waals surface area contributed by atoms with Crippen molar-refractivity contribution in [1.29, 1.82) is 0 Å². The first-order chi connectivity index (χ1) is 17.6. The van der Waals surface area contributed by atoms with Crippen molar-refractivity contribution < 1.29 is 19.5 Å². The monoisotopic (exact) mass is 600 g/mol. The molecular weight excluding hydrogens is 584 g/mol. The number of carboxylic acids is 1. The van der Waals surface area contributed by atoms with Gasteiger partial charge in [-0.15, -0.1) is 16.7 Å². The van der Waals surface area contributed by atoms with E-state index in [2.05, 4.69) is 25.8 Å². The fraction of sp³-hybridized carbons (Fsp3) is 0.263. The number of halogens is 1. The summed E-state index contributed by atoms with van der Waals surface area (Å²) in [5.41, 5.74) is 11.4. The molecule has 0 radical (unpaired) electrons. The molecule has 2 aliphatic rings. The van der Waals surface area contributed by atoms with Crippen LogP contribution >= 0.6 is 58.7 Å². The Morgan fingerprint density at radius 1 is 1.46 bits per heavy atom. The smallest absolute Gasteiger partial charge is 0.353 e. The molecule has 18 heteroatoms. The first-order valence-corrected chi connectivity index (χ1v) is 13.7. The molecule has 7 N–H and O–H groups in total. The summed E-state index contributed by atoms with van der Waals surface area (Å²) < 4.78 is 0.0319. The van der Waals surface area contributed by atoms with Gasteiger partial charge in [0.1, 0.15) is 27.1 Å². The lowest BCUT2D eigenvalue weighted by molar-refractivity contribution is -0.150. The quantitative estimate of drug-likeness (QED) is 0.157. The molecule has 4 heterocycles. The average molecular weight is 601 g/mol. The first kappa shape index (κ1) is 27.1. The molecule has 1 unspecified atom stereocenters. The summed E-state index contributed by atoms with van der Waals surface area (Å²) in [5.74, 6) is -2.55. The third-order valence-corrected chi connectivity index (χ3v) is 8.94. The van der Waals surface area contributed by atoms with Gasteiger partial charge in [0, 0.05) is 21.8 Å². The Bertz CT molecular complexity index is 1340. The molecule has 2 amide bonds. The van der Waals surface area contributed by atoms with Crippen LogP contribution in [0.15, 0.2) is 39.0 Å². The second-order valence-electron chi connectivity index (χ2n) is 7.49. The van der Waals surface area contributed by atoms with Gasteiger partial charge in [-0.05, 0) is 29.5 Å². The number of aliphatic carboxylic acids is 1. The van der Waals surface area contributed by atoms with Gasteiger partial charge < -0.3 is 27.2 Å². The van der Waals surface area contributed by atoms with Crippen LogP contribution in [0.25, 0.3) is 0 Å². The van der Waals surface area contributed by atoms with Crippen LogP contribution in [0.4, 0.5) is 5.13 Å². The molecule has 1 saturated heterocycles. The number of aromatic nitrogens is 2. The average Bonchev–Trinajstić information content (AvgIpc) is 3.18. The number of fused-ring (bicyclic) bond motifs is 1. The van der Waals surface area contributed by atoms with E-state index in [9.17, 15) is 24.4 Å². The highest BCUT2D eigenvalue weighted by molar-refractivity contribution is 8.06. The Labute approximate surface area is 231 Å². The molecule has 0 saturated carbocycles. The van der Waals surface area contributed by atoms with Crippen LogP contribution in [-0.2, 0) is 20.9 Å². The minimum absolute atomic E-state index is 0.0319.